The molecule has 4 heteroatoms. The van der Waals surface area contributed by atoms with Gasteiger partial charge in [-0.15, -0.1) is 0 Å². The largest absolute Gasteiger partial charge is 0.317 e. The summed E-state index contributed by atoms with van der Waals surface area (Å²) in [7, 11) is -2.78. The Bertz CT molecular complexity index is 237. The third-order valence-electron chi connectivity index (χ3n) is 2.50. The second kappa shape index (κ2) is 8.11. The van der Waals surface area contributed by atoms with Crippen LogP contribution in [-0.2, 0) is 9.84 Å². The monoisotopic (exact) mass is 235 g/mol. The molecular weight excluding hydrogens is 210 g/mol. The first-order valence-corrected chi connectivity index (χ1v) is 7.75. The quantitative estimate of drug-likeness (QED) is 0.620. The van der Waals surface area contributed by atoms with Gasteiger partial charge in [-0.3, -0.25) is 0 Å². The molecule has 0 saturated carbocycles. The Kier molecular flexibility index (Phi) is 8.06. The van der Waals surface area contributed by atoms with Gasteiger partial charge in [0, 0.05) is 5.75 Å². The summed E-state index contributed by atoms with van der Waals surface area (Å²) >= 11 is 0. The van der Waals surface area contributed by atoms with E-state index in [2.05, 4.69) is 19.2 Å². The fourth-order valence-electron chi connectivity index (χ4n) is 1.46. The van der Waals surface area contributed by atoms with Crippen LogP contribution in [0.2, 0.25) is 0 Å². The predicted molar refractivity (Wildman–Crippen MR) is 65.9 cm³/mol. The van der Waals surface area contributed by atoms with Crippen molar-refractivity contribution in [2.45, 2.75) is 40.0 Å². The van der Waals surface area contributed by atoms with Crippen LogP contribution >= 0.6 is 0 Å². The van der Waals surface area contributed by atoms with Crippen molar-refractivity contribution >= 4 is 9.84 Å². The van der Waals surface area contributed by atoms with E-state index in [0.717, 1.165) is 32.4 Å². The van der Waals surface area contributed by atoms with E-state index in [4.69, 9.17) is 0 Å². The summed E-state index contributed by atoms with van der Waals surface area (Å²) in [6, 6.07) is 0. The summed E-state index contributed by atoms with van der Waals surface area (Å²) in [6.45, 7) is 8.09. The van der Waals surface area contributed by atoms with Gasteiger partial charge in [0.05, 0.1) is 5.75 Å². The first-order chi connectivity index (χ1) is 7.02. The first kappa shape index (κ1) is 14.9. The normalized spacial score (nSPS) is 14.1. The molecule has 0 rings (SSSR count). The lowest BCUT2D eigenvalue weighted by Crippen LogP contribution is -2.18. The number of hydrogen-bond donors (Lipinski definition) is 1. The molecular formula is C11H25NO2S. The molecule has 0 saturated heterocycles. The molecule has 3 nitrogen and oxygen atoms in total. The molecule has 1 unspecified atom stereocenters. The van der Waals surface area contributed by atoms with Gasteiger partial charge in [-0.1, -0.05) is 20.8 Å². The van der Waals surface area contributed by atoms with Crippen molar-refractivity contribution in [3.8, 4) is 0 Å². The molecule has 0 spiro atoms. The van der Waals surface area contributed by atoms with Crippen LogP contribution in [0.3, 0.4) is 0 Å². The maximum Gasteiger partial charge on any atom is 0.150 e. The van der Waals surface area contributed by atoms with Gasteiger partial charge in [-0.2, -0.15) is 0 Å². The SMILES string of the molecule is CCCS(=O)(=O)CCC(C)CCNCC. The van der Waals surface area contributed by atoms with E-state index in [0.29, 0.717) is 17.4 Å². The Morgan fingerprint density at radius 2 is 1.80 bits per heavy atom. The Morgan fingerprint density at radius 3 is 2.33 bits per heavy atom. The fraction of sp³-hybridized carbons (Fsp3) is 1.00. The lowest BCUT2D eigenvalue weighted by atomic mass is 10.1. The summed E-state index contributed by atoms with van der Waals surface area (Å²) in [5.74, 6) is 1.19. The van der Waals surface area contributed by atoms with Gasteiger partial charge in [-0.25, -0.2) is 8.42 Å². The molecule has 0 amide bonds. The third kappa shape index (κ3) is 8.88. The summed E-state index contributed by atoms with van der Waals surface area (Å²) in [4.78, 5) is 0. The van der Waals surface area contributed by atoms with Gasteiger partial charge in [0.2, 0.25) is 0 Å². The van der Waals surface area contributed by atoms with E-state index >= 15 is 0 Å². The molecule has 0 aromatic rings. The van der Waals surface area contributed by atoms with Crippen molar-refractivity contribution in [3.63, 3.8) is 0 Å². The molecule has 0 aliphatic rings. The maximum atomic E-state index is 11.4. The van der Waals surface area contributed by atoms with E-state index in [1.54, 1.807) is 0 Å². The highest BCUT2D eigenvalue weighted by atomic mass is 32.2. The van der Waals surface area contributed by atoms with Crippen LogP contribution in [-0.4, -0.2) is 33.0 Å². The van der Waals surface area contributed by atoms with Crippen LogP contribution < -0.4 is 5.32 Å². The number of sulfone groups is 1. The minimum absolute atomic E-state index is 0.340. The molecule has 0 aromatic carbocycles. The highest BCUT2D eigenvalue weighted by Crippen LogP contribution is 2.09. The van der Waals surface area contributed by atoms with Crippen molar-refractivity contribution in [1.82, 2.24) is 5.32 Å². The van der Waals surface area contributed by atoms with E-state index in [9.17, 15) is 8.42 Å². The molecule has 15 heavy (non-hydrogen) atoms. The highest BCUT2D eigenvalue weighted by Gasteiger charge is 2.11. The second-order valence-electron chi connectivity index (χ2n) is 4.19. The Labute approximate surface area is 94.6 Å². The van der Waals surface area contributed by atoms with E-state index in [1.807, 2.05) is 6.92 Å². The van der Waals surface area contributed by atoms with Crippen molar-refractivity contribution in [2.24, 2.45) is 5.92 Å². The average molecular weight is 235 g/mol. The van der Waals surface area contributed by atoms with Crippen molar-refractivity contribution in [2.75, 3.05) is 24.6 Å². The number of hydrogen-bond acceptors (Lipinski definition) is 3. The standard InChI is InChI=1S/C11H25NO2S/c1-4-9-15(13,14)10-7-11(3)6-8-12-5-2/h11-12H,4-10H2,1-3H3. The van der Waals surface area contributed by atoms with Crippen LogP contribution in [0.5, 0.6) is 0 Å². The lowest BCUT2D eigenvalue weighted by molar-refractivity contribution is 0.489. The van der Waals surface area contributed by atoms with Crippen LogP contribution in [0, 0.1) is 5.92 Å². The molecule has 0 bridgehead atoms. The van der Waals surface area contributed by atoms with E-state index < -0.39 is 9.84 Å². The minimum atomic E-state index is -2.78. The summed E-state index contributed by atoms with van der Waals surface area (Å²) in [5, 5.41) is 3.25. The van der Waals surface area contributed by atoms with Gasteiger partial charge >= 0.3 is 0 Å². The van der Waals surface area contributed by atoms with Crippen LogP contribution in [0.25, 0.3) is 0 Å². The van der Waals surface area contributed by atoms with E-state index in [-0.39, 0.29) is 0 Å². The van der Waals surface area contributed by atoms with Crippen LogP contribution in [0.1, 0.15) is 40.0 Å². The lowest BCUT2D eigenvalue weighted by Gasteiger charge is -2.11. The number of rotatable bonds is 9. The van der Waals surface area contributed by atoms with Crippen molar-refractivity contribution in [1.29, 1.82) is 0 Å². The molecule has 0 heterocycles. The fourth-order valence-corrected chi connectivity index (χ4v) is 3.05. The summed E-state index contributed by atoms with van der Waals surface area (Å²) < 4.78 is 22.9. The summed E-state index contributed by atoms with van der Waals surface area (Å²) in [5.41, 5.74) is 0. The van der Waals surface area contributed by atoms with Gasteiger partial charge in [0.15, 0.2) is 0 Å². The Balaban J connectivity index is 3.65. The zero-order chi connectivity index (χ0) is 11.7. The van der Waals surface area contributed by atoms with Crippen molar-refractivity contribution < 1.29 is 8.42 Å². The van der Waals surface area contributed by atoms with Gasteiger partial charge in [-0.05, 0) is 38.3 Å². The topological polar surface area (TPSA) is 46.2 Å². The molecule has 92 valence electrons. The van der Waals surface area contributed by atoms with Gasteiger partial charge < -0.3 is 5.32 Å². The Morgan fingerprint density at radius 1 is 1.13 bits per heavy atom. The van der Waals surface area contributed by atoms with Crippen LogP contribution in [0.4, 0.5) is 0 Å². The smallest absolute Gasteiger partial charge is 0.150 e. The first-order valence-electron chi connectivity index (χ1n) is 5.93. The summed E-state index contributed by atoms with van der Waals surface area (Å²) in [6.07, 6.45) is 2.59. The molecule has 0 aromatic heterocycles. The van der Waals surface area contributed by atoms with Crippen molar-refractivity contribution in [3.05, 3.63) is 0 Å². The second-order valence-corrected chi connectivity index (χ2v) is 6.49. The maximum absolute atomic E-state index is 11.4. The Hall–Kier alpha value is -0.0900. The van der Waals surface area contributed by atoms with Crippen LogP contribution in [0.15, 0.2) is 0 Å². The zero-order valence-electron chi connectivity index (χ0n) is 10.3. The number of nitrogens with one attached hydrogen (secondary N) is 1. The van der Waals surface area contributed by atoms with Gasteiger partial charge in [0.1, 0.15) is 9.84 Å². The minimum Gasteiger partial charge on any atom is -0.317 e. The molecule has 0 aliphatic heterocycles. The van der Waals surface area contributed by atoms with Gasteiger partial charge in [0.25, 0.3) is 0 Å². The average Bonchev–Trinajstić information content (AvgIpc) is 2.15. The molecule has 0 radical (unpaired) electrons. The predicted octanol–water partition coefficient (Wildman–Crippen LogP) is 1.84. The zero-order valence-corrected chi connectivity index (χ0v) is 11.1. The van der Waals surface area contributed by atoms with E-state index in [1.165, 1.54) is 0 Å². The molecule has 0 aliphatic carbocycles. The molecule has 1 atom stereocenters. The highest BCUT2D eigenvalue weighted by molar-refractivity contribution is 7.91. The molecule has 1 N–H and O–H groups in total. The third-order valence-corrected chi connectivity index (χ3v) is 4.39. The molecule has 0 fully saturated rings.